The van der Waals surface area contributed by atoms with E-state index in [1.54, 1.807) is 24.7 Å². The molecule has 0 radical (unpaired) electrons. The van der Waals surface area contributed by atoms with Crippen molar-refractivity contribution >= 4 is 5.91 Å². The lowest BCUT2D eigenvalue weighted by molar-refractivity contribution is -0.123. The van der Waals surface area contributed by atoms with Crippen molar-refractivity contribution in [3.63, 3.8) is 0 Å². The van der Waals surface area contributed by atoms with Crippen LogP contribution in [0.1, 0.15) is 24.7 Å². The van der Waals surface area contributed by atoms with E-state index in [1.807, 2.05) is 0 Å². The van der Waals surface area contributed by atoms with E-state index in [-0.39, 0.29) is 18.6 Å². The molecule has 6 nitrogen and oxygen atoms in total. The lowest BCUT2D eigenvalue weighted by Gasteiger charge is -2.17. The Labute approximate surface area is 88.1 Å². The van der Waals surface area contributed by atoms with E-state index in [0.29, 0.717) is 5.69 Å². The van der Waals surface area contributed by atoms with Crippen molar-refractivity contribution in [2.45, 2.75) is 19.0 Å². The van der Waals surface area contributed by atoms with Gasteiger partial charge in [-0.3, -0.25) is 4.79 Å². The van der Waals surface area contributed by atoms with Crippen molar-refractivity contribution < 1.29 is 9.90 Å². The number of aliphatic hydroxyl groups is 1. The third kappa shape index (κ3) is 2.34. The van der Waals surface area contributed by atoms with Crippen LogP contribution in [0.15, 0.2) is 12.5 Å². The van der Waals surface area contributed by atoms with Gasteiger partial charge in [0, 0.05) is 13.2 Å². The molecular weight excluding hydrogens is 196 g/mol. The molecule has 1 amide bonds. The van der Waals surface area contributed by atoms with Gasteiger partial charge in [0.25, 0.3) is 0 Å². The van der Waals surface area contributed by atoms with E-state index in [2.05, 4.69) is 10.3 Å². The van der Waals surface area contributed by atoms with Gasteiger partial charge >= 0.3 is 0 Å². The first-order chi connectivity index (χ1) is 7.11. The van der Waals surface area contributed by atoms with E-state index in [9.17, 15) is 4.79 Å². The summed E-state index contributed by atoms with van der Waals surface area (Å²) in [6.07, 6.45) is 3.09. The summed E-state index contributed by atoms with van der Waals surface area (Å²) in [7, 11) is 1.57. The van der Waals surface area contributed by atoms with Gasteiger partial charge in [-0.15, -0.1) is 0 Å². The molecule has 0 fully saturated rings. The number of aromatic nitrogens is 2. The average molecular weight is 212 g/mol. The number of hydrogen-bond acceptors (Lipinski definition) is 4. The Balaban J connectivity index is 2.94. The molecule has 0 saturated carbocycles. The van der Waals surface area contributed by atoms with Crippen molar-refractivity contribution in [3.05, 3.63) is 18.2 Å². The van der Waals surface area contributed by atoms with Crippen LogP contribution < -0.4 is 11.1 Å². The number of likely N-dealkylation sites (N-methyl/N-ethyl adjacent to an activating group) is 1. The fourth-order valence-electron chi connectivity index (χ4n) is 1.35. The van der Waals surface area contributed by atoms with Gasteiger partial charge in [0.05, 0.1) is 24.7 Å². The molecule has 0 aliphatic rings. The van der Waals surface area contributed by atoms with Crippen LogP contribution in [-0.4, -0.2) is 34.2 Å². The molecule has 1 heterocycles. The van der Waals surface area contributed by atoms with Gasteiger partial charge in [-0.05, 0) is 6.92 Å². The normalized spacial score (nSPS) is 14.7. The lowest BCUT2D eigenvalue weighted by atomic mass is 10.2. The Bertz CT molecular complexity index is 337. The van der Waals surface area contributed by atoms with Crippen LogP contribution in [0.2, 0.25) is 0 Å². The highest BCUT2D eigenvalue weighted by molar-refractivity contribution is 5.79. The minimum absolute atomic E-state index is 0.126. The van der Waals surface area contributed by atoms with Crippen LogP contribution >= 0.6 is 0 Å². The number of rotatable bonds is 4. The maximum Gasteiger partial charge on any atom is 0.242 e. The predicted molar refractivity (Wildman–Crippen MR) is 55.0 cm³/mol. The zero-order chi connectivity index (χ0) is 11.4. The molecule has 6 heteroatoms. The monoisotopic (exact) mass is 212 g/mol. The summed E-state index contributed by atoms with van der Waals surface area (Å²) in [5.74, 6) is -0.126. The van der Waals surface area contributed by atoms with Gasteiger partial charge in [-0.25, -0.2) is 4.98 Å². The summed E-state index contributed by atoms with van der Waals surface area (Å²) in [5.41, 5.74) is 6.32. The van der Waals surface area contributed by atoms with E-state index >= 15 is 0 Å². The van der Waals surface area contributed by atoms with Crippen molar-refractivity contribution in [2.75, 3.05) is 13.7 Å². The fraction of sp³-hybridized carbons (Fsp3) is 0.556. The third-order valence-electron chi connectivity index (χ3n) is 2.32. The number of nitrogens with zero attached hydrogens (tertiary/aromatic N) is 2. The SMILES string of the molecule is CNC(=O)C(C)n1cncc1C(N)CO. The summed E-state index contributed by atoms with van der Waals surface area (Å²) in [4.78, 5) is 15.3. The molecule has 0 bridgehead atoms. The van der Waals surface area contributed by atoms with Crippen LogP contribution in [0.5, 0.6) is 0 Å². The first kappa shape index (κ1) is 11.7. The molecule has 1 aromatic heterocycles. The van der Waals surface area contributed by atoms with Crippen LogP contribution in [0.4, 0.5) is 0 Å². The molecule has 4 N–H and O–H groups in total. The highest BCUT2D eigenvalue weighted by atomic mass is 16.3. The quantitative estimate of drug-likeness (QED) is 0.608. The molecule has 2 unspecified atom stereocenters. The molecule has 84 valence electrons. The first-order valence-electron chi connectivity index (χ1n) is 4.71. The maximum atomic E-state index is 11.4. The van der Waals surface area contributed by atoms with E-state index < -0.39 is 6.04 Å². The largest absolute Gasteiger partial charge is 0.394 e. The van der Waals surface area contributed by atoms with E-state index in [0.717, 1.165) is 0 Å². The smallest absolute Gasteiger partial charge is 0.242 e. The molecule has 2 atom stereocenters. The summed E-state index contributed by atoms with van der Waals surface area (Å²) in [6.45, 7) is 1.57. The van der Waals surface area contributed by atoms with Gasteiger partial charge in [0.15, 0.2) is 0 Å². The van der Waals surface area contributed by atoms with Crippen LogP contribution in [-0.2, 0) is 4.79 Å². The second-order valence-electron chi connectivity index (χ2n) is 3.31. The average Bonchev–Trinajstić information content (AvgIpc) is 2.74. The van der Waals surface area contributed by atoms with Gasteiger partial charge in [0.2, 0.25) is 5.91 Å². The Morgan fingerprint density at radius 3 is 3.00 bits per heavy atom. The number of carbonyl (C=O) groups excluding carboxylic acids is 1. The standard InChI is InChI=1S/C9H16N4O2/c1-6(9(15)11-2)13-5-12-3-8(13)7(10)4-14/h3,5-7,14H,4,10H2,1-2H3,(H,11,15). The molecule has 1 aromatic rings. The van der Waals surface area contributed by atoms with Crippen molar-refractivity contribution in [3.8, 4) is 0 Å². The number of nitrogens with one attached hydrogen (secondary N) is 1. The fourth-order valence-corrected chi connectivity index (χ4v) is 1.35. The molecular formula is C9H16N4O2. The Morgan fingerprint density at radius 1 is 1.80 bits per heavy atom. The molecule has 0 aliphatic carbocycles. The lowest BCUT2D eigenvalue weighted by Crippen LogP contribution is -2.30. The van der Waals surface area contributed by atoms with Gasteiger partial charge < -0.3 is 20.7 Å². The Kier molecular flexibility index (Phi) is 3.81. The minimum Gasteiger partial charge on any atom is -0.394 e. The summed E-state index contributed by atoms with van der Waals surface area (Å²) in [6, 6.07) is -0.898. The van der Waals surface area contributed by atoms with Crippen molar-refractivity contribution in [1.29, 1.82) is 0 Å². The van der Waals surface area contributed by atoms with Gasteiger partial charge in [-0.2, -0.15) is 0 Å². The Morgan fingerprint density at radius 2 is 2.47 bits per heavy atom. The molecule has 0 aromatic carbocycles. The second kappa shape index (κ2) is 4.90. The Hall–Kier alpha value is -1.40. The second-order valence-corrected chi connectivity index (χ2v) is 3.31. The maximum absolute atomic E-state index is 11.4. The molecule has 1 rings (SSSR count). The van der Waals surface area contributed by atoms with E-state index in [1.165, 1.54) is 6.33 Å². The highest BCUT2D eigenvalue weighted by Crippen LogP contribution is 2.15. The zero-order valence-electron chi connectivity index (χ0n) is 8.84. The summed E-state index contributed by atoms with van der Waals surface area (Å²) < 4.78 is 1.65. The van der Waals surface area contributed by atoms with Gasteiger partial charge in [-0.1, -0.05) is 0 Å². The van der Waals surface area contributed by atoms with E-state index in [4.69, 9.17) is 10.8 Å². The number of imidazole rings is 1. The van der Waals surface area contributed by atoms with Crippen LogP contribution in [0, 0.1) is 0 Å². The number of carbonyl (C=O) groups is 1. The number of amides is 1. The highest BCUT2D eigenvalue weighted by Gasteiger charge is 2.18. The van der Waals surface area contributed by atoms with Gasteiger partial charge in [0.1, 0.15) is 6.04 Å². The van der Waals surface area contributed by atoms with Crippen LogP contribution in [0.25, 0.3) is 0 Å². The predicted octanol–water partition coefficient (Wildman–Crippen LogP) is -0.818. The minimum atomic E-state index is -0.514. The molecule has 15 heavy (non-hydrogen) atoms. The summed E-state index contributed by atoms with van der Waals surface area (Å²) in [5, 5.41) is 11.5. The van der Waals surface area contributed by atoms with Crippen LogP contribution in [0.3, 0.4) is 0 Å². The third-order valence-corrected chi connectivity index (χ3v) is 2.32. The number of aliphatic hydroxyl groups excluding tert-OH is 1. The molecule has 0 spiro atoms. The first-order valence-corrected chi connectivity index (χ1v) is 4.71. The summed E-state index contributed by atoms with van der Waals surface area (Å²) >= 11 is 0. The molecule has 0 saturated heterocycles. The van der Waals surface area contributed by atoms with Crippen molar-refractivity contribution in [2.24, 2.45) is 5.73 Å². The zero-order valence-corrected chi connectivity index (χ0v) is 8.84. The topological polar surface area (TPSA) is 93.2 Å². The van der Waals surface area contributed by atoms with Crippen molar-refractivity contribution in [1.82, 2.24) is 14.9 Å². The number of hydrogen-bond donors (Lipinski definition) is 3. The molecule has 0 aliphatic heterocycles. The number of nitrogens with two attached hydrogens (primary N) is 1.